The fraction of sp³-hybridized carbons (Fsp3) is 0.483. The summed E-state index contributed by atoms with van der Waals surface area (Å²) in [4.78, 5) is 51.4. The number of nitrogens with zero attached hydrogens (tertiary/aromatic N) is 4. The van der Waals surface area contributed by atoms with Gasteiger partial charge in [0, 0.05) is 19.0 Å². The van der Waals surface area contributed by atoms with E-state index in [2.05, 4.69) is 47.2 Å². The maximum atomic E-state index is 13.4. The largest absolute Gasteiger partial charge is 0.480 e. The summed E-state index contributed by atoms with van der Waals surface area (Å²) in [7, 11) is 1.37. The third kappa shape index (κ3) is 5.95. The van der Waals surface area contributed by atoms with Crippen LogP contribution < -0.4 is 15.8 Å². The topological polar surface area (TPSA) is 131 Å². The number of methoxy groups -OCH3 is 1. The number of hydrogen-bond donors (Lipinski definition) is 2. The van der Waals surface area contributed by atoms with Gasteiger partial charge in [-0.1, -0.05) is 13.0 Å². The Morgan fingerprint density at radius 1 is 1.20 bits per heavy atom. The molecule has 3 aromatic rings. The zero-order valence-electron chi connectivity index (χ0n) is 23.2. The average molecular weight is 565 g/mol. The summed E-state index contributed by atoms with van der Waals surface area (Å²) in [5.74, 6) is -1.87. The lowest BCUT2D eigenvalue weighted by Gasteiger charge is -2.38. The molecule has 11 heteroatoms. The number of nitrogens with two attached hydrogens (primary N) is 1. The summed E-state index contributed by atoms with van der Waals surface area (Å²) >= 11 is 1.73. The molecule has 2 fully saturated rings. The van der Waals surface area contributed by atoms with E-state index in [-0.39, 0.29) is 29.1 Å². The SMILES string of the molecule is COc1ncc(NC(=O)C(=O)N2C[C@@H](C)CC[C@@H]2c2ccc3sc(CC(C)N4CCCC4)nc3c2)cc1C(N)=O. The van der Waals surface area contributed by atoms with Crippen molar-refractivity contribution in [3.05, 3.63) is 46.6 Å². The van der Waals surface area contributed by atoms with Gasteiger partial charge >= 0.3 is 11.8 Å². The van der Waals surface area contributed by atoms with Crippen LogP contribution in [0, 0.1) is 5.92 Å². The lowest BCUT2D eigenvalue weighted by molar-refractivity contribution is -0.146. The number of thiazole rings is 1. The number of fused-ring (bicyclic) bond motifs is 1. The molecular weight excluding hydrogens is 528 g/mol. The predicted octanol–water partition coefficient (Wildman–Crippen LogP) is 3.76. The van der Waals surface area contributed by atoms with Crippen LogP contribution in [-0.4, -0.2) is 70.3 Å². The van der Waals surface area contributed by atoms with Crippen molar-refractivity contribution in [2.75, 3.05) is 32.1 Å². The molecule has 0 radical (unpaired) electrons. The van der Waals surface area contributed by atoms with E-state index in [9.17, 15) is 14.4 Å². The molecular formula is C29H36N6O4S. The number of rotatable bonds is 7. The zero-order chi connectivity index (χ0) is 28.4. The number of amides is 3. The number of aromatic nitrogens is 2. The highest BCUT2D eigenvalue weighted by Crippen LogP contribution is 2.36. The second-order valence-electron chi connectivity index (χ2n) is 10.9. The smallest absolute Gasteiger partial charge is 0.313 e. The minimum absolute atomic E-state index is 0.0166. The second-order valence-corrected chi connectivity index (χ2v) is 12.0. The van der Waals surface area contributed by atoms with Gasteiger partial charge in [0.1, 0.15) is 5.56 Å². The first-order valence-electron chi connectivity index (χ1n) is 13.8. The molecule has 0 aliphatic carbocycles. The molecule has 1 unspecified atom stereocenters. The summed E-state index contributed by atoms with van der Waals surface area (Å²) in [6.07, 6.45) is 6.50. The van der Waals surface area contributed by atoms with E-state index in [1.165, 1.54) is 32.2 Å². The Morgan fingerprint density at radius 2 is 1.98 bits per heavy atom. The van der Waals surface area contributed by atoms with Gasteiger partial charge in [-0.3, -0.25) is 14.4 Å². The lowest BCUT2D eigenvalue weighted by atomic mass is 9.89. The Kier molecular flexibility index (Phi) is 8.32. The fourth-order valence-electron chi connectivity index (χ4n) is 5.75. The number of primary amides is 1. The van der Waals surface area contributed by atoms with E-state index in [1.54, 1.807) is 16.2 Å². The van der Waals surface area contributed by atoms with Crippen LogP contribution >= 0.6 is 11.3 Å². The molecule has 2 aliphatic heterocycles. The van der Waals surface area contributed by atoms with Crippen LogP contribution in [0.4, 0.5) is 5.69 Å². The summed E-state index contributed by atoms with van der Waals surface area (Å²) in [5, 5.41) is 3.70. The van der Waals surface area contributed by atoms with Crippen molar-refractivity contribution < 1.29 is 19.1 Å². The van der Waals surface area contributed by atoms with Crippen LogP contribution in [0.25, 0.3) is 10.2 Å². The van der Waals surface area contributed by atoms with Crippen LogP contribution in [-0.2, 0) is 16.0 Å². The van der Waals surface area contributed by atoms with Crippen molar-refractivity contribution in [1.29, 1.82) is 0 Å². The Morgan fingerprint density at radius 3 is 2.70 bits per heavy atom. The number of benzene rings is 1. The van der Waals surface area contributed by atoms with Crippen LogP contribution in [0.3, 0.4) is 0 Å². The van der Waals surface area contributed by atoms with Crippen molar-refractivity contribution in [2.24, 2.45) is 11.7 Å². The highest BCUT2D eigenvalue weighted by atomic mass is 32.1. The maximum Gasteiger partial charge on any atom is 0.313 e. The molecule has 2 aromatic heterocycles. The van der Waals surface area contributed by atoms with Gasteiger partial charge in [-0.05, 0) is 75.4 Å². The summed E-state index contributed by atoms with van der Waals surface area (Å²) in [6.45, 7) is 7.15. The molecule has 3 atom stereocenters. The summed E-state index contributed by atoms with van der Waals surface area (Å²) < 4.78 is 6.18. The van der Waals surface area contributed by atoms with Gasteiger partial charge in [0.25, 0.3) is 5.91 Å². The molecule has 0 saturated carbocycles. The number of hydrogen-bond acceptors (Lipinski definition) is 8. The Balaban J connectivity index is 1.33. The van der Waals surface area contributed by atoms with Crippen molar-refractivity contribution >= 4 is 45.0 Å². The fourth-order valence-corrected chi connectivity index (χ4v) is 6.82. The number of carbonyl (C=O) groups is 3. The van der Waals surface area contributed by atoms with E-state index >= 15 is 0 Å². The van der Waals surface area contributed by atoms with E-state index in [0.29, 0.717) is 12.6 Å². The highest BCUT2D eigenvalue weighted by Gasteiger charge is 2.34. The van der Waals surface area contributed by atoms with E-state index in [0.717, 1.165) is 53.1 Å². The first kappa shape index (κ1) is 28.0. The molecule has 40 heavy (non-hydrogen) atoms. The number of piperidine rings is 1. The Bertz CT molecular complexity index is 1420. The van der Waals surface area contributed by atoms with Gasteiger partial charge in [-0.2, -0.15) is 0 Å². The second kappa shape index (κ2) is 11.9. The quantitative estimate of drug-likeness (QED) is 0.418. The third-order valence-corrected chi connectivity index (χ3v) is 8.97. The van der Waals surface area contributed by atoms with Crippen LogP contribution in [0.1, 0.15) is 66.5 Å². The van der Waals surface area contributed by atoms with Gasteiger partial charge in [0.15, 0.2) is 0 Å². The first-order chi connectivity index (χ1) is 19.2. The van der Waals surface area contributed by atoms with Gasteiger partial charge in [0.2, 0.25) is 5.88 Å². The maximum absolute atomic E-state index is 13.4. The van der Waals surface area contributed by atoms with E-state index in [4.69, 9.17) is 15.5 Å². The van der Waals surface area contributed by atoms with Gasteiger partial charge in [-0.15, -0.1) is 11.3 Å². The minimum Gasteiger partial charge on any atom is -0.480 e. The summed E-state index contributed by atoms with van der Waals surface area (Å²) in [6, 6.07) is 7.80. The van der Waals surface area contributed by atoms with Crippen molar-refractivity contribution in [3.63, 3.8) is 0 Å². The molecule has 2 saturated heterocycles. The summed E-state index contributed by atoms with van der Waals surface area (Å²) in [5.41, 5.74) is 7.52. The number of pyridine rings is 1. The molecule has 1 aromatic carbocycles. The highest BCUT2D eigenvalue weighted by molar-refractivity contribution is 7.18. The van der Waals surface area contributed by atoms with E-state index < -0.39 is 17.7 Å². The monoisotopic (exact) mass is 564 g/mol. The molecule has 0 bridgehead atoms. The number of carbonyl (C=O) groups excluding carboxylic acids is 3. The normalized spacial score (nSPS) is 20.4. The molecule has 3 N–H and O–H groups in total. The first-order valence-corrected chi connectivity index (χ1v) is 14.6. The zero-order valence-corrected chi connectivity index (χ0v) is 24.0. The molecule has 5 rings (SSSR count). The molecule has 212 valence electrons. The molecule has 2 aliphatic rings. The van der Waals surface area contributed by atoms with Gasteiger partial charge < -0.3 is 25.6 Å². The van der Waals surface area contributed by atoms with Crippen molar-refractivity contribution in [1.82, 2.24) is 19.8 Å². The van der Waals surface area contributed by atoms with Crippen LogP contribution in [0.15, 0.2) is 30.5 Å². The molecule has 0 spiro atoms. The Labute approximate surface area is 237 Å². The lowest BCUT2D eigenvalue weighted by Crippen LogP contribution is -2.46. The van der Waals surface area contributed by atoms with Gasteiger partial charge in [0.05, 0.1) is 40.3 Å². The van der Waals surface area contributed by atoms with Gasteiger partial charge in [-0.25, -0.2) is 9.97 Å². The van der Waals surface area contributed by atoms with Crippen molar-refractivity contribution in [3.8, 4) is 5.88 Å². The van der Waals surface area contributed by atoms with Crippen LogP contribution in [0.5, 0.6) is 5.88 Å². The van der Waals surface area contributed by atoms with Crippen molar-refractivity contribution in [2.45, 2.75) is 58.0 Å². The average Bonchev–Trinajstić information content (AvgIpc) is 3.62. The number of likely N-dealkylation sites (tertiary alicyclic amines) is 2. The minimum atomic E-state index is -0.797. The van der Waals surface area contributed by atoms with E-state index in [1.807, 2.05) is 0 Å². The number of nitrogens with one attached hydrogen (secondary N) is 1. The predicted molar refractivity (Wildman–Crippen MR) is 154 cm³/mol. The third-order valence-electron chi connectivity index (χ3n) is 7.92. The Hall–Kier alpha value is -3.57. The molecule has 4 heterocycles. The molecule has 10 nitrogen and oxygen atoms in total. The standard InChI is InChI=1S/C29H36N6O4S/c1-17-6-8-23(19-7-9-24-22(13-19)33-25(40-24)12-18(2)34-10-4-5-11-34)35(16-17)29(38)27(37)32-20-14-21(26(30)36)28(39-3)31-15-20/h7,9,13-15,17-18,23H,4-6,8,10-12,16H2,1-3H3,(H2,30,36)(H,32,37)/t17-,18?,23+/m0/s1. The molecule has 3 amide bonds. The number of anilines is 1. The number of ether oxygens (including phenoxy) is 1. The van der Waals surface area contributed by atoms with Crippen LogP contribution in [0.2, 0.25) is 0 Å².